The standard InChI is InChI=1S/C20H18N2O4/c1-12(17-10-13-6-2-4-8-15(13)25-17)21-19(23)11-18-20(24)22-14-7-3-5-9-16(14)26-18/h2-10,12,18H,11H2,1H3,(H,21,23)(H,22,24)/t12-,18+/m0/s1. The molecule has 0 bridgehead atoms. The van der Waals surface area contributed by atoms with Gasteiger partial charge in [-0.3, -0.25) is 9.59 Å². The second kappa shape index (κ2) is 6.55. The largest absolute Gasteiger partial charge is 0.478 e. The van der Waals surface area contributed by atoms with Gasteiger partial charge in [-0.1, -0.05) is 30.3 Å². The lowest BCUT2D eigenvalue weighted by Gasteiger charge is -2.25. The summed E-state index contributed by atoms with van der Waals surface area (Å²) < 4.78 is 11.4. The fourth-order valence-electron chi connectivity index (χ4n) is 2.98. The van der Waals surface area contributed by atoms with Gasteiger partial charge in [0.2, 0.25) is 5.91 Å². The third kappa shape index (κ3) is 3.13. The van der Waals surface area contributed by atoms with Crippen LogP contribution in [0.15, 0.2) is 59.0 Å². The molecule has 2 atom stereocenters. The Balaban J connectivity index is 1.41. The van der Waals surface area contributed by atoms with E-state index in [-0.39, 0.29) is 24.3 Å². The van der Waals surface area contributed by atoms with Crippen LogP contribution in [0, 0.1) is 0 Å². The quantitative estimate of drug-likeness (QED) is 0.756. The predicted molar refractivity (Wildman–Crippen MR) is 96.9 cm³/mol. The average Bonchev–Trinajstić information content (AvgIpc) is 3.06. The molecular weight excluding hydrogens is 332 g/mol. The van der Waals surface area contributed by atoms with Crippen LogP contribution in [0.5, 0.6) is 5.75 Å². The monoisotopic (exact) mass is 350 g/mol. The molecule has 0 unspecified atom stereocenters. The normalized spacial score (nSPS) is 17.1. The minimum Gasteiger partial charge on any atom is -0.478 e. The summed E-state index contributed by atoms with van der Waals surface area (Å²) in [5, 5.41) is 6.59. The molecule has 6 nitrogen and oxygen atoms in total. The lowest BCUT2D eigenvalue weighted by atomic mass is 10.1. The Morgan fingerprint density at radius 1 is 1.19 bits per heavy atom. The lowest BCUT2D eigenvalue weighted by molar-refractivity contribution is -0.130. The molecule has 1 aliphatic heterocycles. The molecule has 0 aliphatic carbocycles. The topological polar surface area (TPSA) is 80.6 Å². The lowest BCUT2D eigenvalue weighted by Crippen LogP contribution is -2.41. The molecule has 1 aromatic heterocycles. The van der Waals surface area contributed by atoms with Gasteiger partial charge in [-0.2, -0.15) is 0 Å². The summed E-state index contributed by atoms with van der Waals surface area (Å²) in [5.41, 5.74) is 1.39. The van der Waals surface area contributed by atoms with Gasteiger partial charge in [0.1, 0.15) is 17.1 Å². The summed E-state index contributed by atoms with van der Waals surface area (Å²) >= 11 is 0. The molecule has 4 rings (SSSR count). The van der Waals surface area contributed by atoms with Crippen LogP contribution in [-0.4, -0.2) is 17.9 Å². The van der Waals surface area contributed by atoms with E-state index >= 15 is 0 Å². The molecule has 2 amide bonds. The summed E-state index contributed by atoms with van der Waals surface area (Å²) in [5.74, 6) is 0.627. The molecule has 3 aromatic rings. The first kappa shape index (κ1) is 16.2. The molecule has 0 fully saturated rings. The second-order valence-electron chi connectivity index (χ2n) is 6.27. The van der Waals surface area contributed by atoms with Crippen molar-refractivity contribution in [3.05, 3.63) is 60.4 Å². The van der Waals surface area contributed by atoms with Gasteiger partial charge in [-0.15, -0.1) is 0 Å². The van der Waals surface area contributed by atoms with Crippen LogP contribution in [0.25, 0.3) is 11.0 Å². The highest BCUT2D eigenvalue weighted by molar-refractivity contribution is 6.00. The number of amides is 2. The fraction of sp³-hybridized carbons (Fsp3) is 0.200. The number of ether oxygens (including phenoxy) is 1. The van der Waals surface area contributed by atoms with E-state index < -0.39 is 6.10 Å². The Hall–Kier alpha value is -3.28. The van der Waals surface area contributed by atoms with Gasteiger partial charge in [0.15, 0.2) is 6.10 Å². The number of nitrogens with one attached hydrogen (secondary N) is 2. The van der Waals surface area contributed by atoms with Crippen molar-refractivity contribution in [2.24, 2.45) is 0 Å². The maximum Gasteiger partial charge on any atom is 0.266 e. The Kier molecular flexibility index (Phi) is 4.08. The minimum absolute atomic E-state index is 0.0647. The van der Waals surface area contributed by atoms with Crippen molar-refractivity contribution in [1.29, 1.82) is 0 Å². The Morgan fingerprint density at radius 2 is 1.96 bits per heavy atom. The predicted octanol–water partition coefficient (Wildman–Crippen LogP) is 3.40. The summed E-state index contributed by atoms with van der Waals surface area (Å²) in [6.07, 6.45) is -0.919. The van der Waals surface area contributed by atoms with Crippen molar-refractivity contribution in [3.8, 4) is 5.75 Å². The molecule has 2 N–H and O–H groups in total. The van der Waals surface area contributed by atoms with Crippen LogP contribution in [0.1, 0.15) is 25.1 Å². The van der Waals surface area contributed by atoms with Gasteiger partial charge in [0.05, 0.1) is 18.2 Å². The number of benzene rings is 2. The van der Waals surface area contributed by atoms with Crippen molar-refractivity contribution in [2.75, 3.05) is 5.32 Å². The van der Waals surface area contributed by atoms with Crippen LogP contribution in [0.3, 0.4) is 0 Å². The average molecular weight is 350 g/mol. The van der Waals surface area contributed by atoms with Gasteiger partial charge >= 0.3 is 0 Å². The van der Waals surface area contributed by atoms with Gasteiger partial charge < -0.3 is 19.8 Å². The zero-order valence-corrected chi connectivity index (χ0v) is 14.2. The molecule has 0 radical (unpaired) electrons. The number of hydrogen-bond donors (Lipinski definition) is 2. The summed E-state index contributed by atoms with van der Waals surface area (Å²) in [4.78, 5) is 24.5. The van der Waals surface area contributed by atoms with Crippen LogP contribution in [0.4, 0.5) is 5.69 Å². The van der Waals surface area contributed by atoms with E-state index in [1.54, 1.807) is 12.1 Å². The van der Waals surface area contributed by atoms with Crippen molar-refractivity contribution in [3.63, 3.8) is 0 Å². The number of carbonyl (C=O) groups is 2. The summed E-state index contributed by atoms with van der Waals surface area (Å²) in [6, 6.07) is 16.4. The van der Waals surface area contributed by atoms with Gasteiger partial charge in [0.25, 0.3) is 5.91 Å². The third-order valence-corrected chi connectivity index (χ3v) is 4.33. The second-order valence-corrected chi connectivity index (χ2v) is 6.27. The molecule has 132 valence electrons. The molecule has 0 saturated carbocycles. The molecule has 0 spiro atoms. The van der Waals surface area contributed by atoms with E-state index in [4.69, 9.17) is 9.15 Å². The van der Waals surface area contributed by atoms with E-state index in [1.165, 1.54) is 0 Å². The maximum absolute atomic E-state index is 12.4. The summed E-state index contributed by atoms with van der Waals surface area (Å²) in [6.45, 7) is 1.84. The highest BCUT2D eigenvalue weighted by atomic mass is 16.5. The highest BCUT2D eigenvalue weighted by Gasteiger charge is 2.30. The van der Waals surface area contributed by atoms with E-state index in [2.05, 4.69) is 10.6 Å². The van der Waals surface area contributed by atoms with Crippen molar-refractivity contribution in [1.82, 2.24) is 5.32 Å². The highest BCUT2D eigenvalue weighted by Crippen LogP contribution is 2.30. The SMILES string of the molecule is C[C@H](NC(=O)C[C@H]1Oc2ccccc2NC1=O)c1cc2ccccc2o1. The summed E-state index contributed by atoms with van der Waals surface area (Å²) in [7, 11) is 0. The molecule has 2 aromatic carbocycles. The van der Waals surface area contributed by atoms with Crippen molar-refractivity contribution < 1.29 is 18.7 Å². The van der Waals surface area contributed by atoms with Crippen LogP contribution in [-0.2, 0) is 9.59 Å². The molecule has 6 heteroatoms. The Bertz CT molecular complexity index is 946. The van der Waals surface area contributed by atoms with Gasteiger partial charge in [-0.05, 0) is 31.2 Å². The number of rotatable bonds is 4. The molecule has 1 aliphatic rings. The smallest absolute Gasteiger partial charge is 0.266 e. The fourth-order valence-corrected chi connectivity index (χ4v) is 2.98. The first-order valence-electron chi connectivity index (χ1n) is 8.44. The van der Waals surface area contributed by atoms with Gasteiger partial charge in [-0.25, -0.2) is 0 Å². The number of carbonyl (C=O) groups excluding carboxylic acids is 2. The minimum atomic E-state index is -0.854. The van der Waals surface area contributed by atoms with Crippen molar-refractivity contribution in [2.45, 2.75) is 25.5 Å². The Labute approximate surface area is 150 Å². The molecule has 2 heterocycles. The zero-order chi connectivity index (χ0) is 18.1. The number of fused-ring (bicyclic) bond motifs is 2. The van der Waals surface area contributed by atoms with Crippen LogP contribution in [0.2, 0.25) is 0 Å². The number of para-hydroxylation sites is 3. The first-order chi connectivity index (χ1) is 12.6. The van der Waals surface area contributed by atoms with E-state index in [0.717, 1.165) is 11.0 Å². The Morgan fingerprint density at radius 3 is 2.81 bits per heavy atom. The maximum atomic E-state index is 12.4. The molecular formula is C20H18N2O4. The number of hydrogen-bond acceptors (Lipinski definition) is 4. The van der Waals surface area contributed by atoms with Crippen LogP contribution < -0.4 is 15.4 Å². The number of furan rings is 1. The van der Waals surface area contributed by atoms with E-state index in [0.29, 0.717) is 17.2 Å². The number of anilines is 1. The zero-order valence-electron chi connectivity index (χ0n) is 14.2. The van der Waals surface area contributed by atoms with Crippen LogP contribution >= 0.6 is 0 Å². The molecule has 0 saturated heterocycles. The first-order valence-corrected chi connectivity index (χ1v) is 8.44. The molecule has 26 heavy (non-hydrogen) atoms. The van der Waals surface area contributed by atoms with E-state index in [9.17, 15) is 9.59 Å². The third-order valence-electron chi connectivity index (χ3n) is 4.33. The van der Waals surface area contributed by atoms with Gasteiger partial charge in [0, 0.05) is 5.39 Å². The van der Waals surface area contributed by atoms with Crippen molar-refractivity contribution >= 4 is 28.5 Å². The van der Waals surface area contributed by atoms with E-state index in [1.807, 2.05) is 49.4 Å².